The molecule has 52 heavy (non-hydrogen) atoms. The molecule has 11 aromatic rings. The second-order valence-corrected chi connectivity index (χ2v) is 14.5. The lowest BCUT2D eigenvalue weighted by molar-refractivity contribution is 1.19. The molecule has 0 aliphatic heterocycles. The molecule has 4 heteroatoms. The Bertz CT molecular complexity index is 3190. The van der Waals surface area contributed by atoms with Crippen LogP contribution in [0.25, 0.3) is 103 Å². The first kappa shape index (κ1) is 29.1. The molecule has 0 atom stereocenters. The van der Waals surface area contributed by atoms with E-state index in [2.05, 4.69) is 174 Å². The van der Waals surface area contributed by atoms with Crippen LogP contribution in [0.2, 0.25) is 0 Å². The molecule has 3 nitrogen and oxygen atoms in total. The minimum absolute atomic E-state index is 0.721. The predicted octanol–water partition coefficient (Wildman–Crippen LogP) is 13.2. The summed E-state index contributed by atoms with van der Waals surface area (Å²) in [5.74, 6) is 0.721. The van der Waals surface area contributed by atoms with Gasteiger partial charge in [-0.25, -0.2) is 9.97 Å². The summed E-state index contributed by atoms with van der Waals surface area (Å²) in [4.78, 5) is 10.4. The van der Waals surface area contributed by atoms with Crippen molar-refractivity contribution >= 4 is 74.9 Å². The maximum absolute atomic E-state index is 5.21. The largest absolute Gasteiger partial charge is 0.309 e. The molecule has 0 aliphatic carbocycles. The molecule has 0 fully saturated rings. The molecule has 0 N–H and O–H groups in total. The van der Waals surface area contributed by atoms with Crippen molar-refractivity contribution in [2.75, 3.05) is 0 Å². The third-order valence-electron chi connectivity index (χ3n) is 10.4. The van der Waals surface area contributed by atoms with E-state index in [1.165, 1.54) is 69.2 Å². The fourth-order valence-electron chi connectivity index (χ4n) is 7.96. The Labute approximate surface area is 303 Å². The summed E-state index contributed by atoms with van der Waals surface area (Å²) in [6.45, 7) is 0. The number of benzene rings is 8. The van der Waals surface area contributed by atoms with Gasteiger partial charge in [0.2, 0.25) is 0 Å². The van der Waals surface area contributed by atoms with Crippen LogP contribution in [-0.4, -0.2) is 14.5 Å². The minimum atomic E-state index is 0.721. The second-order valence-electron chi connectivity index (χ2n) is 13.4. The third kappa shape index (κ3) is 4.51. The number of aromatic nitrogens is 3. The van der Waals surface area contributed by atoms with E-state index in [0.29, 0.717) is 0 Å². The Balaban J connectivity index is 1.11. The van der Waals surface area contributed by atoms with E-state index in [4.69, 9.17) is 9.97 Å². The fourth-order valence-corrected chi connectivity index (χ4v) is 9.13. The van der Waals surface area contributed by atoms with E-state index in [1.54, 1.807) is 0 Å². The van der Waals surface area contributed by atoms with E-state index >= 15 is 0 Å². The van der Waals surface area contributed by atoms with Crippen molar-refractivity contribution in [1.82, 2.24) is 14.5 Å². The molecule has 0 saturated carbocycles. The standard InChI is InChI=1S/C48H29N3S/c1-2-13-32(14-3-1)39-29-40(34-22-21-30-11-4-5-15-33(30)27-34)50-48(49-39)35-23-25-38-45(28-35)52-44-20-10-19-42(47(38)44)51-41-18-9-8-17-37(41)46-36-16-7-6-12-31(36)24-26-43(46)51/h1-29H. The molecule has 0 saturated heterocycles. The number of hydrogen-bond donors (Lipinski definition) is 0. The Kier molecular flexibility index (Phi) is 6.42. The summed E-state index contributed by atoms with van der Waals surface area (Å²) < 4.78 is 4.93. The van der Waals surface area contributed by atoms with E-state index in [1.807, 2.05) is 17.4 Å². The van der Waals surface area contributed by atoms with Gasteiger partial charge in [0.25, 0.3) is 0 Å². The van der Waals surface area contributed by atoms with Crippen LogP contribution in [0.1, 0.15) is 0 Å². The van der Waals surface area contributed by atoms with Crippen LogP contribution < -0.4 is 0 Å². The molecule has 0 amide bonds. The first-order valence-electron chi connectivity index (χ1n) is 17.6. The number of hydrogen-bond acceptors (Lipinski definition) is 3. The van der Waals surface area contributed by atoms with Crippen molar-refractivity contribution in [2.45, 2.75) is 0 Å². The summed E-state index contributed by atoms with van der Waals surface area (Å²) in [6, 6.07) is 63.0. The van der Waals surface area contributed by atoms with Gasteiger partial charge in [-0.1, -0.05) is 133 Å². The molecular weight excluding hydrogens is 651 g/mol. The van der Waals surface area contributed by atoms with E-state index in [0.717, 1.165) is 33.9 Å². The van der Waals surface area contributed by atoms with Gasteiger partial charge >= 0.3 is 0 Å². The molecule has 3 heterocycles. The average molecular weight is 680 g/mol. The number of rotatable bonds is 4. The Morgan fingerprint density at radius 2 is 1.10 bits per heavy atom. The highest BCUT2D eigenvalue weighted by molar-refractivity contribution is 7.26. The third-order valence-corrected chi connectivity index (χ3v) is 11.5. The highest BCUT2D eigenvalue weighted by Gasteiger charge is 2.19. The van der Waals surface area contributed by atoms with Crippen molar-refractivity contribution in [3.05, 3.63) is 176 Å². The zero-order chi connectivity index (χ0) is 34.2. The van der Waals surface area contributed by atoms with Gasteiger partial charge < -0.3 is 4.57 Å². The molecular formula is C48H29N3S. The maximum Gasteiger partial charge on any atom is 0.160 e. The van der Waals surface area contributed by atoms with Gasteiger partial charge in [-0.3, -0.25) is 0 Å². The number of fused-ring (bicyclic) bond motifs is 9. The van der Waals surface area contributed by atoms with Gasteiger partial charge in [-0.2, -0.15) is 0 Å². The molecule has 8 aromatic carbocycles. The van der Waals surface area contributed by atoms with E-state index in [-0.39, 0.29) is 0 Å². The molecule has 0 aliphatic rings. The van der Waals surface area contributed by atoms with E-state index in [9.17, 15) is 0 Å². The number of thiophene rings is 1. The lowest BCUT2D eigenvalue weighted by Gasteiger charge is -2.11. The molecule has 0 radical (unpaired) electrons. The zero-order valence-corrected chi connectivity index (χ0v) is 28.8. The van der Waals surface area contributed by atoms with Crippen LogP contribution in [0.4, 0.5) is 0 Å². The normalized spacial score (nSPS) is 11.8. The van der Waals surface area contributed by atoms with E-state index < -0.39 is 0 Å². The number of para-hydroxylation sites is 1. The lowest BCUT2D eigenvalue weighted by atomic mass is 10.0. The van der Waals surface area contributed by atoms with Crippen molar-refractivity contribution in [1.29, 1.82) is 0 Å². The fraction of sp³-hybridized carbons (Fsp3) is 0. The van der Waals surface area contributed by atoms with Crippen LogP contribution in [0.15, 0.2) is 176 Å². The Morgan fingerprint density at radius 3 is 1.98 bits per heavy atom. The molecule has 3 aromatic heterocycles. The SMILES string of the molecule is c1ccc(-c2cc(-c3ccc4ccccc4c3)nc(-c3ccc4c(c3)sc3cccc(-n5c6ccccc6c6c7ccccc7ccc65)c34)n2)cc1. The lowest BCUT2D eigenvalue weighted by Crippen LogP contribution is -1.96. The van der Waals surface area contributed by atoms with Crippen molar-refractivity contribution in [3.8, 4) is 39.6 Å². The highest BCUT2D eigenvalue weighted by atomic mass is 32.1. The van der Waals surface area contributed by atoms with Gasteiger partial charge in [-0.15, -0.1) is 11.3 Å². The minimum Gasteiger partial charge on any atom is -0.309 e. The quantitative estimate of drug-likeness (QED) is 0.185. The summed E-state index contributed by atoms with van der Waals surface area (Å²) in [6.07, 6.45) is 0. The summed E-state index contributed by atoms with van der Waals surface area (Å²) in [7, 11) is 0. The molecule has 242 valence electrons. The van der Waals surface area contributed by atoms with Crippen LogP contribution in [-0.2, 0) is 0 Å². The van der Waals surface area contributed by atoms with Gasteiger partial charge in [-0.05, 0) is 64.0 Å². The summed E-state index contributed by atoms with van der Waals surface area (Å²) in [5.41, 5.74) is 8.59. The second kappa shape index (κ2) is 11.5. The summed E-state index contributed by atoms with van der Waals surface area (Å²) >= 11 is 1.83. The smallest absolute Gasteiger partial charge is 0.160 e. The van der Waals surface area contributed by atoms with Crippen LogP contribution >= 0.6 is 11.3 Å². The Hall–Kier alpha value is -6.62. The van der Waals surface area contributed by atoms with Gasteiger partial charge in [0, 0.05) is 47.6 Å². The average Bonchev–Trinajstić information content (AvgIpc) is 3.76. The van der Waals surface area contributed by atoms with Gasteiger partial charge in [0.1, 0.15) is 0 Å². The predicted molar refractivity (Wildman–Crippen MR) is 221 cm³/mol. The topological polar surface area (TPSA) is 30.7 Å². The summed E-state index contributed by atoms with van der Waals surface area (Å²) in [5, 5.41) is 10.0. The van der Waals surface area contributed by atoms with Crippen LogP contribution in [0.3, 0.4) is 0 Å². The molecule has 0 bridgehead atoms. The molecule has 0 spiro atoms. The first-order valence-corrected chi connectivity index (χ1v) is 18.4. The highest BCUT2D eigenvalue weighted by Crippen LogP contribution is 2.43. The van der Waals surface area contributed by atoms with Gasteiger partial charge in [0.05, 0.1) is 28.1 Å². The Morgan fingerprint density at radius 1 is 0.385 bits per heavy atom. The van der Waals surface area contributed by atoms with Crippen molar-refractivity contribution in [3.63, 3.8) is 0 Å². The molecule has 0 unspecified atom stereocenters. The van der Waals surface area contributed by atoms with Crippen LogP contribution in [0, 0.1) is 0 Å². The monoisotopic (exact) mass is 679 g/mol. The van der Waals surface area contributed by atoms with Gasteiger partial charge in [0.15, 0.2) is 5.82 Å². The first-order chi connectivity index (χ1) is 25.8. The van der Waals surface area contributed by atoms with Crippen LogP contribution in [0.5, 0.6) is 0 Å². The van der Waals surface area contributed by atoms with Crippen molar-refractivity contribution < 1.29 is 0 Å². The van der Waals surface area contributed by atoms with Crippen molar-refractivity contribution in [2.24, 2.45) is 0 Å². The zero-order valence-electron chi connectivity index (χ0n) is 28.0. The maximum atomic E-state index is 5.21. The number of nitrogens with zero attached hydrogens (tertiary/aromatic N) is 3. The molecule has 11 rings (SSSR count).